The number of rotatable bonds is 4. The van der Waals surface area contributed by atoms with Crippen molar-refractivity contribution in [2.75, 3.05) is 7.11 Å². The lowest BCUT2D eigenvalue weighted by Gasteiger charge is -2.12. The molecule has 4 rings (SSSR count). The number of fused-ring (bicyclic) bond motifs is 1. The van der Waals surface area contributed by atoms with Gasteiger partial charge in [-0.25, -0.2) is 4.52 Å². The number of carbonyl (C=O) groups is 1. The van der Waals surface area contributed by atoms with E-state index in [1.54, 1.807) is 23.9 Å². The number of benzene rings is 2. The third-order valence-corrected chi connectivity index (χ3v) is 4.33. The van der Waals surface area contributed by atoms with Gasteiger partial charge >= 0.3 is 0 Å². The molecule has 0 aliphatic rings. The lowest BCUT2D eigenvalue weighted by molar-refractivity contribution is 0.100. The summed E-state index contributed by atoms with van der Waals surface area (Å²) >= 11 is 0. The molecule has 2 N–H and O–H groups in total. The van der Waals surface area contributed by atoms with Gasteiger partial charge in [0.1, 0.15) is 11.9 Å². The fourth-order valence-electron chi connectivity index (χ4n) is 3.09. The summed E-state index contributed by atoms with van der Waals surface area (Å²) < 4.78 is 6.95. The SMILES string of the molecule is COc1ccc(-c2c(C(N)=O)ccn3n[c]c(-c4ccccc4)c23)cc1. The summed E-state index contributed by atoms with van der Waals surface area (Å²) in [6.07, 6.45) is 4.79. The maximum Gasteiger partial charge on any atom is 0.249 e. The fourth-order valence-corrected chi connectivity index (χ4v) is 3.09. The van der Waals surface area contributed by atoms with Crippen LogP contribution in [-0.2, 0) is 0 Å². The summed E-state index contributed by atoms with van der Waals surface area (Å²) in [5.41, 5.74) is 10.3. The summed E-state index contributed by atoms with van der Waals surface area (Å²) in [6, 6.07) is 19.0. The van der Waals surface area contributed by atoms with Crippen LogP contribution in [0.3, 0.4) is 0 Å². The van der Waals surface area contributed by atoms with Crippen molar-refractivity contribution < 1.29 is 9.53 Å². The molecule has 0 unspecified atom stereocenters. The molecule has 1 radical (unpaired) electrons. The first-order valence-electron chi connectivity index (χ1n) is 8.11. The van der Waals surface area contributed by atoms with Gasteiger partial charge in [-0.15, -0.1) is 0 Å². The van der Waals surface area contributed by atoms with Crippen molar-refractivity contribution in [1.29, 1.82) is 0 Å². The number of nitrogens with two attached hydrogens (primary N) is 1. The van der Waals surface area contributed by atoms with E-state index in [-0.39, 0.29) is 0 Å². The van der Waals surface area contributed by atoms with Crippen LogP contribution in [0.5, 0.6) is 5.75 Å². The Morgan fingerprint density at radius 1 is 1.04 bits per heavy atom. The van der Waals surface area contributed by atoms with Crippen molar-refractivity contribution in [1.82, 2.24) is 9.61 Å². The maximum absolute atomic E-state index is 12.1. The van der Waals surface area contributed by atoms with E-state index in [2.05, 4.69) is 11.3 Å². The van der Waals surface area contributed by atoms with Gasteiger partial charge in [0.2, 0.25) is 5.91 Å². The molecule has 26 heavy (non-hydrogen) atoms. The monoisotopic (exact) mass is 342 g/mol. The Balaban J connectivity index is 2.05. The highest BCUT2D eigenvalue weighted by Gasteiger charge is 2.19. The predicted molar refractivity (Wildman–Crippen MR) is 100.0 cm³/mol. The number of aromatic nitrogens is 2. The van der Waals surface area contributed by atoms with Crippen LogP contribution >= 0.6 is 0 Å². The summed E-state index contributed by atoms with van der Waals surface area (Å²) in [6.45, 7) is 0. The average Bonchev–Trinajstić information content (AvgIpc) is 3.12. The Labute approximate surface area is 150 Å². The Kier molecular flexibility index (Phi) is 3.89. The zero-order valence-electron chi connectivity index (χ0n) is 14.1. The van der Waals surface area contributed by atoms with Crippen LogP contribution in [0, 0.1) is 6.20 Å². The van der Waals surface area contributed by atoms with E-state index in [0.717, 1.165) is 33.5 Å². The van der Waals surface area contributed by atoms with Crippen LogP contribution in [0.15, 0.2) is 66.9 Å². The number of nitrogens with zero attached hydrogens (tertiary/aromatic N) is 2. The van der Waals surface area contributed by atoms with Gasteiger partial charge in [0.25, 0.3) is 0 Å². The fraction of sp³-hybridized carbons (Fsp3) is 0.0476. The largest absolute Gasteiger partial charge is 0.497 e. The average molecular weight is 342 g/mol. The van der Waals surface area contributed by atoms with Crippen LogP contribution < -0.4 is 10.5 Å². The van der Waals surface area contributed by atoms with Gasteiger partial charge in [-0.05, 0) is 29.3 Å². The Morgan fingerprint density at radius 3 is 2.42 bits per heavy atom. The first-order valence-corrected chi connectivity index (χ1v) is 8.11. The molecule has 0 atom stereocenters. The molecule has 0 aliphatic heterocycles. The molecule has 0 fully saturated rings. The van der Waals surface area contributed by atoms with Crippen molar-refractivity contribution in [3.8, 4) is 28.0 Å². The van der Waals surface area contributed by atoms with Crippen LogP contribution in [0.4, 0.5) is 0 Å². The molecule has 0 aliphatic carbocycles. The summed E-state index contributed by atoms with van der Waals surface area (Å²) in [5, 5.41) is 4.33. The molecule has 1 amide bonds. The second kappa shape index (κ2) is 6.37. The van der Waals surface area contributed by atoms with Gasteiger partial charge < -0.3 is 10.5 Å². The number of amides is 1. The number of primary amides is 1. The van der Waals surface area contributed by atoms with Gasteiger partial charge in [-0.3, -0.25) is 4.79 Å². The summed E-state index contributed by atoms with van der Waals surface area (Å²) in [7, 11) is 1.62. The number of carbonyl (C=O) groups excluding carboxylic acids is 1. The number of hydrogen-bond donors (Lipinski definition) is 1. The van der Waals surface area contributed by atoms with Crippen molar-refractivity contribution in [2.24, 2.45) is 5.73 Å². The molecule has 2 heterocycles. The van der Waals surface area contributed by atoms with Gasteiger partial charge in [0.15, 0.2) is 0 Å². The second-order valence-electron chi connectivity index (χ2n) is 5.84. The number of hydrogen-bond acceptors (Lipinski definition) is 3. The molecule has 127 valence electrons. The van der Waals surface area contributed by atoms with E-state index in [1.807, 2.05) is 54.6 Å². The van der Waals surface area contributed by atoms with E-state index in [0.29, 0.717) is 5.56 Å². The highest BCUT2D eigenvalue weighted by atomic mass is 16.5. The highest BCUT2D eigenvalue weighted by molar-refractivity contribution is 6.06. The van der Waals surface area contributed by atoms with Gasteiger partial charge in [-0.1, -0.05) is 42.5 Å². The lowest BCUT2D eigenvalue weighted by atomic mass is 9.95. The van der Waals surface area contributed by atoms with Crippen LogP contribution in [0.25, 0.3) is 27.8 Å². The van der Waals surface area contributed by atoms with Crippen molar-refractivity contribution in [3.05, 3.63) is 78.6 Å². The molecule has 0 saturated carbocycles. The van der Waals surface area contributed by atoms with Crippen molar-refractivity contribution >= 4 is 11.4 Å². The van der Waals surface area contributed by atoms with Gasteiger partial charge in [-0.2, -0.15) is 5.10 Å². The Hall–Kier alpha value is -3.60. The third kappa shape index (κ3) is 2.59. The minimum atomic E-state index is -0.487. The van der Waals surface area contributed by atoms with E-state index >= 15 is 0 Å². The third-order valence-electron chi connectivity index (χ3n) is 4.33. The van der Waals surface area contributed by atoms with Crippen molar-refractivity contribution in [2.45, 2.75) is 0 Å². The summed E-state index contributed by atoms with van der Waals surface area (Å²) in [4.78, 5) is 12.1. The molecular weight excluding hydrogens is 326 g/mol. The zero-order chi connectivity index (χ0) is 18.1. The Morgan fingerprint density at radius 2 is 1.77 bits per heavy atom. The van der Waals surface area contributed by atoms with Crippen LogP contribution in [-0.4, -0.2) is 22.6 Å². The number of ether oxygens (including phenoxy) is 1. The zero-order valence-corrected chi connectivity index (χ0v) is 14.1. The highest BCUT2D eigenvalue weighted by Crippen LogP contribution is 2.35. The molecule has 2 aromatic carbocycles. The first kappa shape index (κ1) is 15.9. The van der Waals surface area contributed by atoms with E-state index in [4.69, 9.17) is 10.5 Å². The van der Waals surface area contributed by atoms with Crippen LogP contribution in [0.1, 0.15) is 10.4 Å². The second-order valence-corrected chi connectivity index (χ2v) is 5.84. The van der Waals surface area contributed by atoms with Gasteiger partial charge in [0.05, 0.1) is 18.2 Å². The molecule has 2 aromatic heterocycles. The van der Waals surface area contributed by atoms with E-state index in [1.165, 1.54) is 0 Å². The summed E-state index contributed by atoms with van der Waals surface area (Å²) in [5.74, 6) is 0.253. The molecule has 0 spiro atoms. The molecule has 5 nitrogen and oxygen atoms in total. The van der Waals surface area contributed by atoms with E-state index in [9.17, 15) is 4.79 Å². The minimum Gasteiger partial charge on any atom is -0.497 e. The van der Waals surface area contributed by atoms with Gasteiger partial charge in [0, 0.05) is 17.3 Å². The van der Waals surface area contributed by atoms with Crippen LogP contribution in [0.2, 0.25) is 0 Å². The van der Waals surface area contributed by atoms with E-state index < -0.39 is 5.91 Å². The van der Waals surface area contributed by atoms with Crippen molar-refractivity contribution in [3.63, 3.8) is 0 Å². The smallest absolute Gasteiger partial charge is 0.249 e. The molecular formula is C21H16N3O2. The molecule has 0 bridgehead atoms. The predicted octanol–water partition coefficient (Wildman–Crippen LogP) is 3.58. The minimum absolute atomic E-state index is 0.439. The standard InChI is InChI=1S/C21H16N3O2/c1-26-16-9-7-15(8-10-16)19-17(21(22)25)11-12-24-20(19)18(13-23-24)14-5-3-2-4-6-14/h2-12H,1H3,(H2,22,25). The lowest BCUT2D eigenvalue weighted by Crippen LogP contribution is -2.13. The topological polar surface area (TPSA) is 69.6 Å². The number of pyridine rings is 1. The maximum atomic E-state index is 12.1. The molecule has 4 aromatic rings. The Bertz CT molecular complexity index is 1080. The normalized spacial score (nSPS) is 10.8. The number of methoxy groups -OCH3 is 1. The first-order chi connectivity index (χ1) is 12.7. The molecule has 5 heteroatoms. The molecule has 0 saturated heterocycles. The quantitative estimate of drug-likeness (QED) is 0.616.